The number of carbonyl (C=O) groups is 3. The number of nitriles is 1. The van der Waals surface area contributed by atoms with Gasteiger partial charge in [-0.3, -0.25) is 14.9 Å². The number of anilines is 2. The number of nitrogens with zero attached hydrogens (tertiary/aromatic N) is 2. The number of nitrogens with one attached hydrogen (secondary N) is 1. The molecule has 8 nitrogen and oxygen atoms in total. The van der Waals surface area contributed by atoms with Crippen LogP contribution in [0.5, 0.6) is 0 Å². The average molecular weight is 567 g/mol. The summed E-state index contributed by atoms with van der Waals surface area (Å²) < 4.78 is 90.4. The van der Waals surface area contributed by atoms with E-state index in [9.17, 15) is 40.7 Å². The lowest BCUT2D eigenvalue weighted by molar-refractivity contribution is -0.138. The molecule has 0 saturated carbocycles. The Morgan fingerprint density at radius 1 is 1.02 bits per heavy atom. The second-order valence-corrected chi connectivity index (χ2v) is 10.2. The third kappa shape index (κ3) is 4.16. The zero-order valence-corrected chi connectivity index (χ0v) is 20.7. The van der Waals surface area contributed by atoms with Crippen molar-refractivity contribution < 1.29 is 50.2 Å². The predicted octanol–water partition coefficient (Wildman–Crippen LogP) is 5.27. The van der Waals surface area contributed by atoms with Crippen LogP contribution in [-0.4, -0.2) is 35.2 Å². The molecule has 2 aromatic rings. The monoisotopic (exact) mass is 567 g/mol. The van der Waals surface area contributed by atoms with E-state index in [0.717, 1.165) is 36.4 Å². The summed E-state index contributed by atoms with van der Waals surface area (Å²) in [5.74, 6) is -3.91. The summed E-state index contributed by atoms with van der Waals surface area (Å²) in [7, 11) is 0. The SMILES string of the molecule is C[C@]12O[C@](C)(C[C@@H]1OC(=O)Nc1ccc(C(F)(F)F)cc1)[C@@H]1C(=O)N(c3ccc(C#N)c(C(F)(F)F)c3)C(=O)[C@@H]12. The second kappa shape index (κ2) is 8.69. The quantitative estimate of drug-likeness (QED) is 0.400. The third-order valence-electron chi connectivity index (χ3n) is 7.66. The molecule has 3 aliphatic heterocycles. The summed E-state index contributed by atoms with van der Waals surface area (Å²) in [6, 6.07) is 7.55. The molecule has 1 N–H and O–H groups in total. The van der Waals surface area contributed by atoms with E-state index in [1.807, 2.05) is 0 Å². The van der Waals surface area contributed by atoms with E-state index in [1.165, 1.54) is 19.9 Å². The highest BCUT2D eigenvalue weighted by atomic mass is 19.4. The molecule has 5 atom stereocenters. The molecule has 0 aromatic heterocycles. The first-order valence-corrected chi connectivity index (χ1v) is 11.8. The van der Waals surface area contributed by atoms with Gasteiger partial charge in [-0.15, -0.1) is 0 Å². The number of rotatable bonds is 3. The van der Waals surface area contributed by atoms with Crippen LogP contribution in [0.4, 0.5) is 42.5 Å². The van der Waals surface area contributed by atoms with Gasteiger partial charge in [-0.1, -0.05) is 0 Å². The van der Waals surface area contributed by atoms with Gasteiger partial charge in [-0.05, 0) is 56.3 Å². The summed E-state index contributed by atoms with van der Waals surface area (Å²) in [6.07, 6.45) is -11.6. The number of hydrogen-bond donors (Lipinski definition) is 1. The molecule has 0 spiro atoms. The zero-order valence-electron chi connectivity index (χ0n) is 20.7. The van der Waals surface area contributed by atoms with Gasteiger partial charge >= 0.3 is 18.4 Å². The Morgan fingerprint density at radius 2 is 1.65 bits per heavy atom. The van der Waals surface area contributed by atoms with E-state index < -0.39 is 76.1 Å². The van der Waals surface area contributed by atoms with Crippen molar-refractivity contribution >= 4 is 29.3 Å². The van der Waals surface area contributed by atoms with Gasteiger partial charge in [-0.2, -0.15) is 31.6 Å². The molecular formula is C26H19F6N3O5. The molecule has 5 rings (SSSR count). The lowest BCUT2D eigenvalue weighted by Crippen LogP contribution is -2.51. The van der Waals surface area contributed by atoms with Gasteiger partial charge in [0.1, 0.15) is 11.7 Å². The molecule has 3 amide bonds. The highest BCUT2D eigenvalue weighted by Gasteiger charge is 2.77. The van der Waals surface area contributed by atoms with Crippen LogP contribution < -0.4 is 10.2 Å². The minimum atomic E-state index is -4.91. The fourth-order valence-electron chi connectivity index (χ4n) is 5.93. The molecular weight excluding hydrogens is 548 g/mol. The summed E-state index contributed by atoms with van der Waals surface area (Å²) in [6.45, 7) is 2.98. The molecule has 3 fully saturated rings. The molecule has 2 aromatic carbocycles. The zero-order chi connectivity index (χ0) is 29.4. The first kappa shape index (κ1) is 27.4. The van der Waals surface area contributed by atoms with E-state index in [0.29, 0.717) is 11.0 Å². The van der Waals surface area contributed by atoms with Crippen LogP contribution >= 0.6 is 0 Å². The number of hydrogen-bond acceptors (Lipinski definition) is 6. The van der Waals surface area contributed by atoms with Gasteiger partial charge in [0.05, 0.1) is 45.9 Å². The molecule has 0 aliphatic carbocycles. The van der Waals surface area contributed by atoms with E-state index in [2.05, 4.69) is 5.32 Å². The van der Waals surface area contributed by atoms with Crippen molar-refractivity contribution in [2.75, 3.05) is 10.2 Å². The number of benzene rings is 2. The fourth-order valence-corrected chi connectivity index (χ4v) is 5.93. The van der Waals surface area contributed by atoms with Crippen molar-refractivity contribution in [3.8, 4) is 6.07 Å². The molecule has 210 valence electrons. The Kier molecular flexibility index (Phi) is 5.96. The van der Waals surface area contributed by atoms with Crippen LogP contribution in [0.2, 0.25) is 0 Å². The smallest absolute Gasteiger partial charge is 0.417 e. The number of alkyl halides is 6. The van der Waals surface area contributed by atoms with Gasteiger partial charge in [0.2, 0.25) is 11.8 Å². The van der Waals surface area contributed by atoms with Crippen molar-refractivity contribution in [1.29, 1.82) is 5.26 Å². The highest BCUT2D eigenvalue weighted by Crippen LogP contribution is 2.62. The number of fused-ring (bicyclic) bond motifs is 5. The fraction of sp³-hybridized carbons (Fsp3) is 0.385. The summed E-state index contributed by atoms with van der Waals surface area (Å²) in [5.41, 5.74) is -6.08. The van der Waals surface area contributed by atoms with Gasteiger partial charge in [0.15, 0.2) is 0 Å². The van der Waals surface area contributed by atoms with Crippen LogP contribution in [0.25, 0.3) is 0 Å². The Bertz CT molecular complexity index is 1470. The van der Waals surface area contributed by atoms with Gasteiger partial charge in [0, 0.05) is 12.1 Å². The topological polar surface area (TPSA) is 109 Å². The van der Waals surface area contributed by atoms with Crippen molar-refractivity contribution in [3.63, 3.8) is 0 Å². The van der Waals surface area contributed by atoms with Gasteiger partial charge in [0.25, 0.3) is 0 Å². The number of carbonyl (C=O) groups excluding carboxylic acids is 3. The van der Waals surface area contributed by atoms with E-state index in [-0.39, 0.29) is 17.8 Å². The highest BCUT2D eigenvalue weighted by molar-refractivity contribution is 6.23. The molecule has 40 heavy (non-hydrogen) atoms. The molecule has 2 bridgehead atoms. The second-order valence-electron chi connectivity index (χ2n) is 10.2. The van der Waals surface area contributed by atoms with Crippen molar-refractivity contribution in [3.05, 3.63) is 59.2 Å². The van der Waals surface area contributed by atoms with Crippen LogP contribution in [0.1, 0.15) is 37.0 Å². The molecule has 0 radical (unpaired) electrons. The molecule has 0 unspecified atom stereocenters. The lowest BCUT2D eigenvalue weighted by Gasteiger charge is -2.34. The van der Waals surface area contributed by atoms with Crippen LogP contribution in [0.15, 0.2) is 42.5 Å². The van der Waals surface area contributed by atoms with E-state index >= 15 is 0 Å². The third-order valence-corrected chi connectivity index (χ3v) is 7.66. The van der Waals surface area contributed by atoms with E-state index in [4.69, 9.17) is 14.7 Å². The summed E-state index contributed by atoms with van der Waals surface area (Å²) >= 11 is 0. The van der Waals surface area contributed by atoms with Crippen molar-refractivity contribution in [2.45, 2.75) is 49.9 Å². The Balaban J connectivity index is 1.38. The van der Waals surface area contributed by atoms with Crippen molar-refractivity contribution in [2.24, 2.45) is 11.8 Å². The number of imide groups is 1. The molecule has 3 aliphatic rings. The number of halogens is 6. The minimum Gasteiger partial charge on any atom is -0.443 e. The van der Waals surface area contributed by atoms with E-state index in [1.54, 1.807) is 0 Å². The molecule has 3 heterocycles. The van der Waals surface area contributed by atoms with Crippen molar-refractivity contribution in [1.82, 2.24) is 0 Å². The summed E-state index contributed by atoms with van der Waals surface area (Å²) in [4.78, 5) is 40.1. The maximum Gasteiger partial charge on any atom is 0.417 e. The first-order valence-electron chi connectivity index (χ1n) is 11.8. The first-order chi connectivity index (χ1) is 18.5. The maximum absolute atomic E-state index is 13.5. The normalized spacial score (nSPS) is 29.4. The maximum atomic E-state index is 13.5. The van der Waals surface area contributed by atoms with Gasteiger partial charge in [-0.25, -0.2) is 9.69 Å². The standard InChI is InChI=1S/C26H19F6N3O5/c1-23-10-17(39-22(38)34-14-6-4-13(5-7-14)25(27,28)29)24(2,40-23)19-18(23)20(36)35(21(19)37)15-8-3-12(11-33)16(9-15)26(30,31)32/h3-9,17-19H,10H2,1-2H3,(H,34,38)/t17-,18-,19+,23+,24-/m0/s1. The Labute approximate surface area is 222 Å². The number of ether oxygens (including phenoxy) is 2. The van der Waals surface area contributed by atoms with Crippen LogP contribution in [0, 0.1) is 23.2 Å². The Hall–Kier alpha value is -4.12. The van der Waals surface area contributed by atoms with Crippen LogP contribution in [-0.2, 0) is 31.4 Å². The Morgan fingerprint density at radius 3 is 2.23 bits per heavy atom. The van der Waals surface area contributed by atoms with Crippen LogP contribution in [0.3, 0.4) is 0 Å². The lowest BCUT2D eigenvalue weighted by atomic mass is 9.67. The predicted molar refractivity (Wildman–Crippen MR) is 123 cm³/mol. The van der Waals surface area contributed by atoms with Gasteiger partial charge < -0.3 is 9.47 Å². The number of amides is 3. The minimum absolute atomic E-state index is 0.0101. The molecule has 14 heteroatoms. The summed E-state index contributed by atoms with van der Waals surface area (Å²) in [5, 5.41) is 11.4. The largest absolute Gasteiger partial charge is 0.443 e. The molecule has 3 saturated heterocycles. The average Bonchev–Trinajstić information content (AvgIpc) is 3.37.